The summed E-state index contributed by atoms with van der Waals surface area (Å²) in [5.41, 5.74) is -0.303. The van der Waals surface area contributed by atoms with Crippen molar-refractivity contribution < 1.29 is 9.32 Å². The number of aromatic nitrogens is 2. The van der Waals surface area contributed by atoms with Crippen LogP contribution in [-0.2, 0) is 0 Å². The van der Waals surface area contributed by atoms with E-state index in [2.05, 4.69) is 38.0 Å². The molecule has 0 aromatic carbocycles. The van der Waals surface area contributed by atoms with Gasteiger partial charge in [-0.3, -0.25) is 4.90 Å². The van der Waals surface area contributed by atoms with E-state index in [1.165, 1.54) is 0 Å². The number of carbonyl (C=O) groups excluding carboxylic acids is 1. The van der Waals surface area contributed by atoms with E-state index in [0.717, 1.165) is 19.6 Å². The quantitative estimate of drug-likeness (QED) is 0.769. The predicted octanol–water partition coefficient (Wildman–Crippen LogP) is 1.44. The lowest BCUT2D eigenvalue weighted by atomic mass is 10.0. The summed E-state index contributed by atoms with van der Waals surface area (Å²) < 4.78 is 5.46. The van der Waals surface area contributed by atoms with Crippen LogP contribution in [0.4, 0.5) is 4.79 Å². The number of urea groups is 1. The molecule has 1 unspecified atom stereocenters. The van der Waals surface area contributed by atoms with Gasteiger partial charge in [0.05, 0.1) is 6.04 Å². The van der Waals surface area contributed by atoms with Gasteiger partial charge in [-0.15, -0.1) is 0 Å². The Morgan fingerprint density at radius 1 is 1.42 bits per heavy atom. The van der Waals surface area contributed by atoms with Crippen LogP contribution in [0.1, 0.15) is 58.4 Å². The summed E-state index contributed by atoms with van der Waals surface area (Å²) in [6, 6.07) is -0.472. The Hall–Kier alpha value is -1.67. The van der Waals surface area contributed by atoms with Gasteiger partial charge in [-0.25, -0.2) is 4.79 Å². The molecule has 136 valence electrons. The lowest BCUT2D eigenvalue weighted by Crippen LogP contribution is -2.48. The Balaban J connectivity index is 2.10. The maximum absolute atomic E-state index is 12.2. The van der Waals surface area contributed by atoms with Crippen LogP contribution in [0.3, 0.4) is 0 Å². The third-order valence-electron chi connectivity index (χ3n) is 3.97. The molecule has 1 aliphatic rings. The number of hydrogen-bond acceptors (Lipinski definition) is 6. The Labute approximate surface area is 143 Å². The normalized spacial score (nSPS) is 20.9. The van der Waals surface area contributed by atoms with Gasteiger partial charge in [0.1, 0.15) is 6.04 Å². The first kappa shape index (κ1) is 18.7. The van der Waals surface area contributed by atoms with Crippen LogP contribution in [0.2, 0.25) is 0 Å². The van der Waals surface area contributed by atoms with Crippen molar-refractivity contribution >= 4 is 6.03 Å². The third-order valence-corrected chi connectivity index (χ3v) is 3.97. The molecule has 8 nitrogen and oxygen atoms in total. The van der Waals surface area contributed by atoms with Crippen LogP contribution in [-0.4, -0.2) is 53.3 Å². The zero-order valence-electron chi connectivity index (χ0n) is 15.5. The van der Waals surface area contributed by atoms with Gasteiger partial charge >= 0.3 is 6.03 Å². The minimum atomic E-state index is -0.324. The Morgan fingerprint density at radius 3 is 2.71 bits per heavy atom. The second-order valence-corrected chi connectivity index (χ2v) is 7.76. The summed E-state index contributed by atoms with van der Waals surface area (Å²) >= 11 is 0. The topological polar surface area (TPSA) is 95.3 Å². The number of nitrogens with one attached hydrogen (secondary N) is 3. The molecule has 2 heterocycles. The van der Waals surface area contributed by atoms with Crippen LogP contribution in [0.25, 0.3) is 0 Å². The third kappa shape index (κ3) is 4.91. The Kier molecular flexibility index (Phi) is 5.82. The minimum absolute atomic E-state index is 0.0902. The summed E-state index contributed by atoms with van der Waals surface area (Å²) in [7, 11) is 2.05. The van der Waals surface area contributed by atoms with Gasteiger partial charge < -0.3 is 20.5 Å². The van der Waals surface area contributed by atoms with Gasteiger partial charge in [0.2, 0.25) is 5.89 Å². The molecule has 0 bridgehead atoms. The van der Waals surface area contributed by atoms with E-state index < -0.39 is 0 Å². The van der Waals surface area contributed by atoms with Crippen molar-refractivity contribution in [2.24, 2.45) is 5.92 Å². The zero-order chi connectivity index (χ0) is 17.9. The van der Waals surface area contributed by atoms with Gasteiger partial charge in [-0.1, -0.05) is 19.0 Å². The van der Waals surface area contributed by atoms with Crippen molar-refractivity contribution in [2.75, 3.05) is 26.7 Å². The number of likely N-dealkylation sites (N-methyl/N-ethyl adjacent to an activating group) is 1. The van der Waals surface area contributed by atoms with Crippen molar-refractivity contribution in [3.63, 3.8) is 0 Å². The SMILES string of the molecule is CC(C)[C@H](NC(=O)NC(C)(C)C)c1nc(C2CNCCN2C)no1. The average molecular weight is 338 g/mol. The summed E-state index contributed by atoms with van der Waals surface area (Å²) in [5, 5.41) is 13.3. The molecule has 1 fully saturated rings. The molecule has 3 N–H and O–H groups in total. The molecule has 1 saturated heterocycles. The molecule has 1 aromatic rings. The lowest BCUT2D eigenvalue weighted by molar-refractivity contribution is 0.189. The van der Waals surface area contributed by atoms with E-state index >= 15 is 0 Å². The predicted molar refractivity (Wildman–Crippen MR) is 91.5 cm³/mol. The van der Waals surface area contributed by atoms with Gasteiger partial charge in [0, 0.05) is 25.2 Å². The average Bonchev–Trinajstić information content (AvgIpc) is 2.92. The van der Waals surface area contributed by atoms with E-state index in [9.17, 15) is 4.79 Å². The zero-order valence-corrected chi connectivity index (χ0v) is 15.5. The van der Waals surface area contributed by atoms with Gasteiger partial charge in [-0.05, 0) is 33.7 Å². The molecule has 2 rings (SSSR count). The van der Waals surface area contributed by atoms with Crippen molar-refractivity contribution in [3.8, 4) is 0 Å². The van der Waals surface area contributed by atoms with Gasteiger partial charge in [0.25, 0.3) is 0 Å². The molecule has 2 amide bonds. The standard InChI is InChI=1S/C16H30N6O2/c1-10(2)12(18-15(23)20-16(3,4)5)14-19-13(21-24-14)11-9-17-7-8-22(11)6/h10-12,17H,7-9H2,1-6H3,(H2,18,20,23)/t11?,12-/m0/s1. The number of rotatable bonds is 4. The first-order chi connectivity index (χ1) is 11.2. The highest BCUT2D eigenvalue weighted by Gasteiger charge is 2.30. The number of hydrogen-bond donors (Lipinski definition) is 3. The lowest BCUT2D eigenvalue weighted by Gasteiger charge is -2.30. The summed E-state index contributed by atoms with van der Waals surface area (Å²) in [5.74, 6) is 1.23. The van der Waals surface area contributed by atoms with Gasteiger partial charge in [-0.2, -0.15) is 4.98 Å². The molecule has 8 heteroatoms. The molecular weight excluding hydrogens is 308 g/mol. The number of piperazine rings is 1. The van der Waals surface area contributed by atoms with Crippen LogP contribution >= 0.6 is 0 Å². The molecule has 1 aromatic heterocycles. The second kappa shape index (κ2) is 7.48. The fourth-order valence-corrected chi connectivity index (χ4v) is 2.63. The van der Waals surface area contributed by atoms with Crippen molar-refractivity contribution in [2.45, 2.75) is 52.2 Å². The van der Waals surface area contributed by atoms with Crippen LogP contribution in [0.5, 0.6) is 0 Å². The molecular formula is C16H30N6O2. The van der Waals surface area contributed by atoms with Crippen molar-refractivity contribution in [3.05, 3.63) is 11.7 Å². The van der Waals surface area contributed by atoms with E-state index in [4.69, 9.17) is 4.52 Å². The Bertz CT molecular complexity index is 551. The second-order valence-electron chi connectivity index (χ2n) is 7.76. The highest BCUT2D eigenvalue weighted by atomic mass is 16.5. The minimum Gasteiger partial charge on any atom is -0.337 e. The van der Waals surface area contributed by atoms with Crippen molar-refractivity contribution in [1.29, 1.82) is 0 Å². The fraction of sp³-hybridized carbons (Fsp3) is 0.812. The molecule has 0 aliphatic carbocycles. The summed E-state index contributed by atoms with van der Waals surface area (Å²) in [6.45, 7) is 12.5. The van der Waals surface area contributed by atoms with Crippen LogP contribution in [0.15, 0.2) is 4.52 Å². The van der Waals surface area contributed by atoms with E-state index in [0.29, 0.717) is 11.7 Å². The smallest absolute Gasteiger partial charge is 0.315 e. The molecule has 24 heavy (non-hydrogen) atoms. The molecule has 0 spiro atoms. The molecule has 1 aliphatic heterocycles. The molecule has 0 radical (unpaired) electrons. The van der Waals surface area contributed by atoms with E-state index in [1.807, 2.05) is 34.6 Å². The maximum atomic E-state index is 12.2. The molecule has 0 saturated carbocycles. The largest absolute Gasteiger partial charge is 0.337 e. The maximum Gasteiger partial charge on any atom is 0.315 e. The van der Waals surface area contributed by atoms with Crippen molar-refractivity contribution in [1.82, 2.24) is 31.0 Å². The highest BCUT2D eigenvalue weighted by molar-refractivity contribution is 5.75. The first-order valence-electron chi connectivity index (χ1n) is 8.50. The first-order valence-corrected chi connectivity index (χ1v) is 8.50. The Morgan fingerprint density at radius 2 is 2.12 bits per heavy atom. The van der Waals surface area contributed by atoms with Gasteiger partial charge in [0.15, 0.2) is 5.82 Å². The van der Waals surface area contributed by atoms with E-state index in [1.54, 1.807) is 0 Å². The number of amides is 2. The summed E-state index contributed by atoms with van der Waals surface area (Å²) in [4.78, 5) is 18.9. The van der Waals surface area contributed by atoms with E-state index in [-0.39, 0.29) is 29.6 Å². The summed E-state index contributed by atoms with van der Waals surface area (Å²) in [6.07, 6.45) is 0. The van der Waals surface area contributed by atoms with Crippen LogP contribution < -0.4 is 16.0 Å². The number of carbonyl (C=O) groups is 1. The monoisotopic (exact) mass is 338 g/mol. The molecule has 2 atom stereocenters. The van der Waals surface area contributed by atoms with Crippen LogP contribution in [0, 0.1) is 5.92 Å². The fourth-order valence-electron chi connectivity index (χ4n) is 2.63. The highest BCUT2D eigenvalue weighted by Crippen LogP contribution is 2.24. The number of nitrogens with zero attached hydrogens (tertiary/aromatic N) is 3.